The molecule has 0 saturated heterocycles. The molecule has 0 aromatic heterocycles. The topological polar surface area (TPSA) is 24.4 Å². The van der Waals surface area contributed by atoms with Crippen molar-refractivity contribution in [2.75, 3.05) is 11.1 Å². The maximum atomic E-state index is 13.1. The number of thioether (sulfide) groups is 1. The van der Waals surface area contributed by atoms with Gasteiger partial charge in [0.2, 0.25) is 0 Å². The van der Waals surface area contributed by atoms with Crippen molar-refractivity contribution in [2.45, 2.75) is 25.8 Å². The van der Waals surface area contributed by atoms with Gasteiger partial charge in [-0.05, 0) is 47.5 Å². The molecule has 2 nitrogen and oxygen atoms in total. The van der Waals surface area contributed by atoms with E-state index in [1.807, 2.05) is 0 Å². The molecule has 1 heterocycles. The van der Waals surface area contributed by atoms with Crippen molar-refractivity contribution >= 4 is 38.5 Å². The van der Waals surface area contributed by atoms with Gasteiger partial charge in [-0.3, -0.25) is 4.99 Å². The van der Waals surface area contributed by atoms with E-state index in [2.05, 4.69) is 40.1 Å². The van der Waals surface area contributed by atoms with Crippen molar-refractivity contribution in [1.82, 2.24) is 0 Å². The van der Waals surface area contributed by atoms with Gasteiger partial charge in [0.25, 0.3) is 0 Å². The predicted octanol–water partition coefficient (Wildman–Crippen LogP) is 4.27. The second-order valence-corrected chi connectivity index (χ2v) is 6.13. The number of hydrogen-bond donors (Lipinski definition) is 1. The fourth-order valence-electron chi connectivity index (χ4n) is 1.48. The van der Waals surface area contributed by atoms with E-state index in [1.54, 1.807) is 23.9 Å². The first kappa shape index (κ1) is 12.9. The number of aliphatic imine (C=N–C) groups is 1. The molecule has 5 heteroatoms. The van der Waals surface area contributed by atoms with Gasteiger partial charge >= 0.3 is 0 Å². The molecule has 1 N–H and O–H groups in total. The number of halogens is 2. The van der Waals surface area contributed by atoms with Gasteiger partial charge in [-0.2, -0.15) is 0 Å². The number of hydrogen-bond acceptors (Lipinski definition) is 3. The summed E-state index contributed by atoms with van der Waals surface area (Å²) in [6.07, 6.45) is 1.03. The molecule has 0 amide bonds. The summed E-state index contributed by atoms with van der Waals surface area (Å²) in [5.41, 5.74) is 0.884. The van der Waals surface area contributed by atoms with Crippen molar-refractivity contribution in [3.63, 3.8) is 0 Å². The maximum Gasteiger partial charge on any atom is 0.161 e. The Hall–Kier alpha value is -0.550. The normalized spacial score (nSPS) is 23.6. The number of nitrogens with zero attached hydrogens (tertiary/aromatic N) is 1. The first-order valence-corrected chi connectivity index (χ1v) is 7.25. The minimum absolute atomic E-state index is 0.0320. The van der Waals surface area contributed by atoms with Gasteiger partial charge in [0.15, 0.2) is 5.17 Å². The Balaban J connectivity index is 2.12. The fourth-order valence-corrected chi connectivity index (χ4v) is 3.05. The van der Waals surface area contributed by atoms with E-state index in [0.29, 0.717) is 4.47 Å². The van der Waals surface area contributed by atoms with Crippen molar-refractivity contribution in [1.29, 1.82) is 0 Å². The molecule has 1 aromatic carbocycles. The Morgan fingerprint density at radius 3 is 2.94 bits per heavy atom. The van der Waals surface area contributed by atoms with Gasteiger partial charge in [0.1, 0.15) is 5.82 Å². The highest BCUT2D eigenvalue weighted by molar-refractivity contribution is 9.10. The average molecular weight is 317 g/mol. The van der Waals surface area contributed by atoms with E-state index in [-0.39, 0.29) is 11.4 Å². The summed E-state index contributed by atoms with van der Waals surface area (Å²) in [5, 5.41) is 4.12. The summed E-state index contributed by atoms with van der Waals surface area (Å²) in [5.74, 6) is 0.740. The minimum Gasteiger partial charge on any atom is -0.335 e. The molecule has 0 spiro atoms. The fraction of sp³-hybridized carbons (Fsp3) is 0.417. The largest absolute Gasteiger partial charge is 0.335 e. The van der Waals surface area contributed by atoms with Gasteiger partial charge in [0.05, 0.1) is 10.0 Å². The van der Waals surface area contributed by atoms with Gasteiger partial charge in [-0.1, -0.05) is 18.7 Å². The summed E-state index contributed by atoms with van der Waals surface area (Å²) in [6, 6.07) is 4.87. The molecular weight excluding hydrogens is 303 g/mol. The summed E-state index contributed by atoms with van der Waals surface area (Å²) in [7, 11) is 0. The highest BCUT2D eigenvalue weighted by Gasteiger charge is 2.28. The summed E-state index contributed by atoms with van der Waals surface area (Å²) in [6.45, 7) is 4.29. The first-order chi connectivity index (χ1) is 8.02. The van der Waals surface area contributed by atoms with E-state index in [4.69, 9.17) is 0 Å². The first-order valence-electron chi connectivity index (χ1n) is 5.47. The number of benzene rings is 1. The molecule has 17 heavy (non-hydrogen) atoms. The van der Waals surface area contributed by atoms with Crippen LogP contribution >= 0.6 is 27.7 Å². The molecule has 1 aliphatic rings. The molecule has 0 radical (unpaired) electrons. The average Bonchev–Trinajstić information content (AvgIpc) is 2.67. The van der Waals surface area contributed by atoms with Crippen LogP contribution in [-0.2, 0) is 0 Å². The molecule has 1 aromatic rings. The Morgan fingerprint density at radius 2 is 2.35 bits per heavy atom. The Kier molecular flexibility index (Phi) is 3.78. The molecular formula is C12H14BrFN2S. The smallest absolute Gasteiger partial charge is 0.161 e. The third kappa shape index (κ3) is 3.01. The predicted molar refractivity (Wildman–Crippen MR) is 76.3 cm³/mol. The lowest BCUT2D eigenvalue weighted by Gasteiger charge is -2.15. The highest BCUT2D eigenvalue weighted by Crippen LogP contribution is 2.31. The van der Waals surface area contributed by atoms with Gasteiger partial charge in [-0.25, -0.2) is 4.39 Å². The lowest BCUT2D eigenvalue weighted by atomic mass is 10.0. The van der Waals surface area contributed by atoms with E-state index in [1.165, 1.54) is 6.07 Å². The Bertz CT molecular complexity index is 464. The summed E-state index contributed by atoms with van der Waals surface area (Å²) < 4.78 is 13.5. The van der Waals surface area contributed by atoms with Crippen LogP contribution in [0.25, 0.3) is 0 Å². The molecule has 0 bridgehead atoms. The van der Waals surface area contributed by atoms with E-state index in [0.717, 1.165) is 23.0 Å². The van der Waals surface area contributed by atoms with E-state index >= 15 is 0 Å². The third-order valence-electron chi connectivity index (χ3n) is 2.82. The van der Waals surface area contributed by atoms with Gasteiger partial charge in [0, 0.05) is 11.4 Å². The lowest BCUT2D eigenvalue weighted by Crippen LogP contribution is -2.20. The molecule has 1 aliphatic heterocycles. The summed E-state index contributed by atoms with van der Waals surface area (Å²) >= 11 is 4.88. The highest BCUT2D eigenvalue weighted by atomic mass is 79.9. The molecule has 0 fully saturated rings. The lowest BCUT2D eigenvalue weighted by molar-refractivity contribution is 0.523. The monoisotopic (exact) mass is 316 g/mol. The molecule has 2 rings (SSSR count). The van der Waals surface area contributed by atoms with Crippen molar-refractivity contribution < 1.29 is 4.39 Å². The van der Waals surface area contributed by atoms with Crippen LogP contribution in [0.4, 0.5) is 10.1 Å². The van der Waals surface area contributed by atoms with Crippen LogP contribution < -0.4 is 5.32 Å². The zero-order valence-electron chi connectivity index (χ0n) is 9.76. The standard InChI is InChI=1S/C12H14BrFN2S/c1-3-12(2)7-17-11(16-12)15-8-4-5-10(14)9(13)6-8/h4-6H,3,7H2,1-2H3,(H,15,16). The van der Waals surface area contributed by atoms with Gasteiger partial charge < -0.3 is 5.32 Å². The van der Waals surface area contributed by atoms with Crippen LogP contribution in [0.3, 0.4) is 0 Å². The van der Waals surface area contributed by atoms with Crippen LogP contribution in [0.2, 0.25) is 0 Å². The van der Waals surface area contributed by atoms with Crippen LogP contribution in [0.5, 0.6) is 0 Å². The van der Waals surface area contributed by atoms with Crippen molar-refractivity contribution in [3.05, 3.63) is 28.5 Å². The Labute approximate surface area is 113 Å². The van der Waals surface area contributed by atoms with E-state index in [9.17, 15) is 4.39 Å². The van der Waals surface area contributed by atoms with E-state index < -0.39 is 0 Å². The third-order valence-corrected chi connectivity index (χ3v) is 4.66. The molecule has 0 aliphatic carbocycles. The zero-order valence-corrected chi connectivity index (χ0v) is 12.2. The molecule has 92 valence electrons. The van der Waals surface area contributed by atoms with Crippen LogP contribution in [-0.4, -0.2) is 16.5 Å². The molecule has 1 atom stereocenters. The number of rotatable bonds is 2. The Morgan fingerprint density at radius 1 is 1.59 bits per heavy atom. The summed E-state index contributed by atoms with van der Waals surface area (Å²) in [4.78, 5) is 4.65. The van der Waals surface area contributed by atoms with Gasteiger partial charge in [-0.15, -0.1) is 0 Å². The SMILES string of the molecule is CCC1(C)CSC(Nc2ccc(F)c(Br)c2)=N1. The molecule has 0 saturated carbocycles. The van der Waals surface area contributed by atoms with Crippen LogP contribution in [0.1, 0.15) is 20.3 Å². The van der Waals surface area contributed by atoms with Crippen LogP contribution in [0, 0.1) is 5.82 Å². The number of amidine groups is 1. The second-order valence-electron chi connectivity index (χ2n) is 4.31. The number of anilines is 1. The molecule has 1 unspecified atom stereocenters. The van der Waals surface area contributed by atoms with Crippen molar-refractivity contribution in [2.24, 2.45) is 4.99 Å². The minimum atomic E-state index is -0.255. The van der Waals surface area contributed by atoms with Crippen LogP contribution in [0.15, 0.2) is 27.7 Å². The number of nitrogens with one attached hydrogen (secondary N) is 1. The van der Waals surface area contributed by atoms with Crippen molar-refractivity contribution in [3.8, 4) is 0 Å². The second kappa shape index (κ2) is 4.98. The maximum absolute atomic E-state index is 13.1. The quantitative estimate of drug-likeness (QED) is 0.881. The zero-order chi connectivity index (χ0) is 12.5.